The van der Waals surface area contributed by atoms with Crippen molar-refractivity contribution in [2.45, 2.75) is 52.5 Å². The summed E-state index contributed by atoms with van der Waals surface area (Å²) in [7, 11) is 0. The molecule has 1 saturated carbocycles. The van der Waals surface area contributed by atoms with Gasteiger partial charge >= 0.3 is 0 Å². The summed E-state index contributed by atoms with van der Waals surface area (Å²) in [5, 5.41) is 6.30. The van der Waals surface area contributed by atoms with Gasteiger partial charge in [-0.1, -0.05) is 32.0 Å². The van der Waals surface area contributed by atoms with E-state index >= 15 is 0 Å². The molecule has 1 aliphatic rings. The SMILES string of the molecule is Cc1cc(C(=O)NC2CC2)nc(Nc2c(C)cccc2C(C)C)n1. The fourth-order valence-corrected chi connectivity index (χ4v) is 2.68. The number of amides is 1. The summed E-state index contributed by atoms with van der Waals surface area (Å²) in [5.74, 6) is 0.724. The summed E-state index contributed by atoms with van der Waals surface area (Å²) >= 11 is 0. The third-order valence-corrected chi connectivity index (χ3v) is 4.16. The summed E-state index contributed by atoms with van der Waals surface area (Å²) < 4.78 is 0. The number of para-hydroxylation sites is 1. The van der Waals surface area contributed by atoms with Crippen molar-refractivity contribution >= 4 is 17.5 Å². The molecule has 0 radical (unpaired) electrons. The molecule has 0 unspecified atom stereocenters. The lowest BCUT2D eigenvalue weighted by molar-refractivity contribution is 0.0946. The van der Waals surface area contributed by atoms with E-state index in [0.717, 1.165) is 29.8 Å². The summed E-state index contributed by atoms with van der Waals surface area (Å²) in [6, 6.07) is 8.26. The van der Waals surface area contributed by atoms with Gasteiger partial charge in [-0.3, -0.25) is 4.79 Å². The maximum absolute atomic E-state index is 12.3. The first kappa shape index (κ1) is 16.4. The summed E-state index contributed by atoms with van der Waals surface area (Å²) in [6.45, 7) is 8.25. The Morgan fingerprint density at radius 3 is 2.62 bits per heavy atom. The van der Waals surface area contributed by atoms with Crippen molar-refractivity contribution in [3.63, 3.8) is 0 Å². The normalized spacial score (nSPS) is 13.9. The molecule has 24 heavy (non-hydrogen) atoms. The lowest BCUT2D eigenvalue weighted by atomic mass is 9.98. The first-order valence-corrected chi connectivity index (χ1v) is 8.47. The summed E-state index contributed by atoms with van der Waals surface area (Å²) in [5.41, 5.74) is 4.55. The summed E-state index contributed by atoms with van der Waals surface area (Å²) in [4.78, 5) is 21.1. The van der Waals surface area contributed by atoms with E-state index in [0.29, 0.717) is 23.6 Å². The number of carbonyl (C=O) groups is 1. The number of aromatic nitrogens is 2. The second-order valence-corrected chi connectivity index (χ2v) is 6.78. The van der Waals surface area contributed by atoms with E-state index in [4.69, 9.17) is 0 Å². The number of hydrogen-bond acceptors (Lipinski definition) is 4. The molecule has 5 nitrogen and oxygen atoms in total. The molecule has 0 aliphatic heterocycles. The highest BCUT2D eigenvalue weighted by Crippen LogP contribution is 2.29. The highest BCUT2D eigenvalue weighted by molar-refractivity contribution is 5.93. The Morgan fingerprint density at radius 2 is 1.96 bits per heavy atom. The highest BCUT2D eigenvalue weighted by atomic mass is 16.2. The zero-order valence-electron chi connectivity index (χ0n) is 14.7. The molecular weight excluding hydrogens is 300 g/mol. The Morgan fingerprint density at radius 1 is 1.21 bits per heavy atom. The Balaban J connectivity index is 1.90. The van der Waals surface area contributed by atoms with Gasteiger partial charge in [-0.15, -0.1) is 0 Å². The van der Waals surface area contributed by atoms with Crippen LogP contribution in [0.4, 0.5) is 11.6 Å². The van der Waals surface area contributed by atoms with Crippen LogP contribution in [-0.2, 0) is 0 Å². The number of nitrogens with one attached hydrogen (secondary N) is 2. The molecule has 126 valence electrons. The van der Waals surface area contributed by atoms with Crippen LogP contribution in [0.3, 0.4) is 0 Å². The Hall–Kier alpha value is -2.43. The van der Waals surface area contributed by atoms with Gasteiger partial charge < -0.3 is 10.6 Å². The van der Waals surface area contributed by atoms with E-state index in [1.807, 2.05) is 6.92 Å². The van der Waals surface area contributed by atoms with Gasteiger partial charge in [0.15, 0.2) is 0 Å². The lowest BCUT2D eigenvalue weighted by Crippen LogP contribution is -2.26. The van der Waals surface area contributed by atoms with Crippen molar-refractivity contribution < 1.29 is 4.79 Å². The number of rotatable bonds is 5. The first-order valence-electron chi connectivity index (χ1n) is 8.47. The molecule has 0 saturated heterocycles. The van der Waals surface area contributed by atoms with E-state index in [1.165, 1.54) is 5.56 Å². The van der Waals surface area contributed by atoms with Gasteiger partial charge in [0.2, 0.25) is 5.95 Å². The van der Waals surface area contributed by atoms with Gasteiger partial charge in [0, 0.05) is 17.4 Å². The zero-order valence-corrected chi connectivity index (χ0v) is 14.7. The minimum absolute atomic E-state index is 0.125. The van der Waals surface area contributed by atoms with Crippen LogP contribution in [0.25, 0.3) is 0 Å². The van der Waals surface area contributed by atoms with E-state index in [1.54, 1.807) is 6.07 Å². The molecule has 2 N–H and O–H groups in total. The largest absolute Gasteiger partial charge is 0.348 e. The fraction of sp³-hybridized carbons (Fsp3) is 0.421. The predicted octanol–water partition coefficient (Wildman–Crippen LogP) is 3.85. The monoisotopic (exact) mass is 324 g/mol. The minimum atomic E-state index is -0.125. The smallest absolute Gasteiger partial charge is 0.270 e. The van der Waals surface area contributed by atoms with Crippen molar-refractivity contribution in [2.75, 3.05) is 5.32 Å². The van der Waals surface area contributed by atoms with Crippen LogP contribution in [0.15, 0.2) is 24.3 Å². The topological polar surface area (TPSA) is 66.9 Å². The van der Waals surface area contributed by atoms with Gasteiger partial charge in [0.25, 0.3) is 5.91 Å². The van der Waals surface area contributed by atoms with Crippen LogP contribution in [0.5, 0.6) is 0 Å². The van der Waals surface area contributed by atoms with Crippen LogP contribution >= 0.6 is 0 Å². The van der Waals surface area contributed by atoms with Crippen molar-refractivity contribution in [3.05, 3.63) is 46.8 Å². The third kappa shape index (κ3) is 3.72. The standard InChI is InChI=1S/C19H24N4O/c1-11(2)15-7-5-6-12(3)17(15)23-19-20-13(4)10-16(22-19)18(24)21-14-8-9-14/h5-7,10-11,14H,8-9H2,1-4H3,(H,21,24)(H,20,22,23). The van der Waals surface area contributed by atoms with Gasteiger partial charge in [-0.25, -0.2) is 9.97 Å². The van der Waals surface area contributed by atoms with Crippen LogP contribution < -0.4 is 10.6 Å². The van der Waals surface area contributed by atoms with E-state index in [2.05, 4.69) is 59.6 Å². The number of hydrogen-bond donors (Lipinski definition) is 2. The van der Waals surface area contributed by atoms with Gasteiger partial charge in [0.1, 0.15) is 5.69 Å². The molecule has 1 aliphatic carbocycles. The average Bonchev–Trinajstić information content (AvgIpc) is 3.32. The molecule has 0 spiro atoms. The zero-order chi connectivity index (χ0) is 17.3. The summed E-state index contributed by atoms with van der Waals surface area (Å²) in [6.07, 6.45) is 2.11. The average molecular weight is 324 g/mol. The number of nitrogens with zero attached hydrogens (tertiary/aromatic N) is 2. The van der Waals surface area contributed by atoms with Crippen LogP contribution in [0, 0.1) is 13.8 Å². The van der Waals surface area contributed by atoms with E-state index in [9.17, 15) is 4.79 Å². The first-order chi connectivity index (χ1) is 11.4. The molecule has 1 aromatic carbocycles. The molecule has 1 aromatic heterocycles. The van der Waals surface area contributed by atoms with Gasteiger partial charge in [-0.05, 0) is 49.8 Å². The molecule has 2 aromatic rings. The van der Waals surface area contributed by atoms with Crippen LogP contribution in [-0.4, -0.2) is 21.9 Å². The number of carbonyl (C=O) groups excluding carboxylic acids is 1. The van der Waals surface area contributed by atoms with Gasteiger partial charge in [0.05, 0.1) is 0 Å². The van der Waals surface area contributed by atoms with Crippen molar-refractivity contribution in [1.82, 2.24) is 15.3 Å². The molecule has 1 fully saturated rings. The van der Waals surface area contributed by atoms with Crippen LogP contribution in [0.1, 0.15) is 59.9 Å². The van der Waals surface area contributed by atoms with Crippen molar-refractivity contribution in [1.29, 1.82) is 0 Å². The van der Waals surface area contributed by atoms with Crippen molar-refractivity contribution in [3.8, 4) is 0 Å². The second kappa shape index (κ2) is 6.59. The maximum Gasteiger partial charge on any atom is 0.270 e. The van der Waals surface area contributed by atoms with Crippen LogP contribution in [0.2, 0.25) is 0 Å². The maximum atomic E-state index is 12.3. The predicted molar refractivity (Wildman–Crippen MR) is 95.8 cm³/mol. The Labute approximate surface area is 142 Å². The van der Waals surface area contributed by atoms with E-state index in [-0.39, 0.29) is 5.91 Å². The molecule has 5 heteroatoms. The molecule has 0 atom stereocenters. The Bertz CT molecular complexity index is 766. The minimum Gasteiger partial charge on any atom is -0.348 e. The quantitative estimate of drug-likeness (QED) is 0.876. The second-order valence-electron chi connectivity index (χ2n) is 6.78. The third-order valence-electron chi connectivity index (χ3n) is 4.16. The number of anilines is 2. The van der Waals surface area contributed by atoms with E-state index < -0.39 is 0 Å². The molecule has 0 bridgehead atoms. The van der Waals surface area contributed by atoms with Gasteiger partial charge in [-0.2, -0.15) is 0 Å². The fourth-order valence-electron chi connectivity index (χ4n) is 2.68. The highest BCUT2D eigenvalue weighted by Gasteiger charge is 2.24. The Kier molecular flexibility index (Phi) is 4.51. The number of benzene rings is 1. The molecular formula is C19H24N4O. The molecule has 3 rings (SSSR count). The lowest BCUT2D eigenvalue weighted by Gasteiger charge is -2.17. The number of aryl methyl sites for hydroxylation is 2. The molecule has 1 amide bonds. The van der Waals surface area contributed by atoms with Crippen molar-refractivity contribution in [2.24, 2.45) is 0 Å². The molecule has 1 heterocycles.